The summed E-state index contributed by atoms with van der Waals surface area (Å²) in [7, 11) is 1.91. The normalized spacial score (nSPS) is 14.7. The van der Waals surface area contributed by atoms with Crippen molar-refractivity contribution in [3.63, 3.8) is 0 Å². The zero-order chi connectivity index (χ0) is 13.4. The Morgan fingerprint density at radius 1 is 1.50 bits per heavy atom. The van der Waals surface area contributed by atoms with Crippen molar-refractivity contribution >= 4 is 11.8 Å². The van der Waals surface area contributed by atoms with Gasteiger partial charge in [0.1, 0.15) is 6.33 Å². The monoisotopic (exact) mass is 272 g/mol. The molecule has 0 fully saturated rings. The summed E-state index contributed by atoms with van der Waals surface area (Å²) >= 11 is 1.73. The summed E-state index contributed by atoms with van der Waals surface area (Å²) in [5.41, 5.74) is -0.135. The fraction of sp³-hybridized carbons (Fsp3) is 0.833. The second kappa shape index (κ2) is 7.76. The standard InChI is InChI=1S/C12H24N4OS/c1-4-14-12(2,9-17)7-5-6-8-18-11-13-10-15-16(11)3/h10,14,17H,4-9H2,1-3H3. The number of thioether (sulfide) groups is 1. The van der Waals surface area contributed by atoms with Gasteiger partial charge >= 0.3 is 0 Å². The van der Waals surface area contributed by atoms with Crippen molar-refractivity contribution in [3.8, 4) is 0 Å². The van der Waals surface area contributed by atoms with Gasteiger partial charge in [0.15, 0.2) is 5.16 Å². The van der Waals surface area contributed by atoms with Gasteiger partial charge in [0.05, 0.1) is 6.61 Å². The summed E-state index contributed by atoms with van der Waals surface area (Å²) in [6, 6.07) is 0. The van der Waals surface area contributed by atoms with Crippen LogP contribution in [0.3, 0.4) is 0 Å². The van der Waals surface area contributed by atoms with Crippen LogP contribution in [-0.2, 0) is 7.05 Å². The number of aryl methyl sites for hydroxylation is 1. The maximum atomic E-state index is 9.37. The summed E-state index contributed by atoms with van der Waals surface area (Å²) in [6.45, 7) is 5.23. The molecule has 1 atom stereocenters. The lowest BCUT2D eigenvalue weighted by atomic mass is 9.96. The van der Waals surface area contributed by atoms with Gasteiger partial charge in [0, 0.05) is 18.3 Å². The van der Waals surface area contributed by atoms with E-state index in [2.05, 4.69) is 29.2 Å². The van der Waals surface area contributed by atoms with E-state index in [1.54, 1.807) is 22.8 Å². The van der Waals surface area contributed by atoms with Crippen molar-refractivity contribution in [2.24, 2.45) is 7.05 Å². The molecule has 18 heavy (non-hydrogen) atoms. The van der Waals surface area contributed by atoms with E-state index in [-0.39, 0.29) is 12.1 Å². The number of nitrogens with zero attached hydrogens (tertiary/aromatic N) is 3. The molecule has 0 aromatic carbocycles. The van der Waals surface area contributed by atoms with E-state index in [9.17, 15) is 5.11 Å². The smallest absolute Gasteiger partial charge is 0.185 e. The van der Waals surface area contributed by atoms with Crippen LogP contribution in [0.2, 0.25) is 0 Å². The Bertz CT molecular complexity index is 345. The quantitative estimate of drug-likeness (QED) is 0.526. The highest BCUT2D eigenvalue weighted by Crippen LogP contribution is 2.18. The molecule has 1 rings (SSSR count). The first-order valence-electron chi connectivity index (χ1n) is 6.44. The molecule has 0 saturated heterocycles. The zero-order valence-electron chi connectivity index (χ0n) is 11.5. The van der Waals surface area contributed by atoms with Crippen molar-refractivity contribution in [1.29, 1.82) is 0 Å². The topological polar surface area (TPSA) is 63.0 Å². The molecule has 104 valence electrons. The summed E-state index contributed by atoms with van der Waals surface area (Å²) in [4.78, 5) is 4.17. The van der Waals surface area contributed by atoms with Crippen LogP contribution in [-0.4, -0.2) is 44.3 Å². The fourth-order valence-corrected chi connectivity index (χ4v) is 2.73. The van der Waals surface area contributed by atoms with Gasteiger partial charge in [-0.1, -0.05) is 25.1 Å². The number of unbranched alkanes of at least 4 members (excludes halogenated alkanes) is 1. The van der Waals surface area contributed by atoms with Gasteiger partial charge in [-0.05, 0) is 26.3 Å². The van der Waals surface area contributed by atoms with Gasteiger partial charge in [0.2, 0.25) is 0 Å². The third-order valence-corrected chi connectivity index (χ3v) is 4.10. The minimum Gasteiger partial charge on any atom is -0.394 e. The maximum Gasteiger partial charge on any atom is 0.185 e. The predicted molar refractivity (Wildman–Crippen MR) is 74.7 cm³/mol. The molecule has 0 aliphatic rings. The van der Waals surface area contributed by atoms with Crippen LogP contribution in [0, 0.1) is 0 Å². The van der Waals surface area contributed by atoms with E-state index in [1.165, 1.54) is 0 Å². The summed E-state index contributed by atoms with van der Waals surface area (Å²) in [5, 5.41) is 17.7. The number of rotatable bonds is 9. The van der Waals surface area contributed by atoms with E-state index < -0.39 is 0 Å². The van der Waals surface area contributed by atoms with Crippen LogP contribution < -0.4 is 5.32 Å². The Morgan fingerprint density at radius 3 is 2.83 bits per heavy atom. The number of nitrogens with one attached hydrogen (secondary N) is 1. The molecule has 1 aromatic heterocycles. The molecule has 0 aliphatic heterocycles. The Hall–Kier alpha value is -0.590. The fourth-order valence-electron chi connectivity index (χ4n) is 1.85. The summed E-state index contributed by atoms with van der Waals surface area (Å²) in [6.07, 6.45) is 4.81. The molecule has 2 N–H and O–H groups in total. The maximum absolute atomic E-state index is 9.37. The molecule has 5 nitrogen and oxygen atoms in total. The van der Waals surface area contributed by atoms with Crippen LogP contribution in [0.4, 0.5) is 0 Å². The minimum atomic E-state index is -0.135. The first-order chi connectivity index (χ1) is 8.61. The Kier molecular flexibility index (Phi) is 6.67. The van der Waals surface area contributed by atoms with Gasteiger partial charge in [-0.25, -0.2) is 9.67 Å². The molecule has 0 aliphatic carbocycles. The van der Waals surface area contributed by atoms with Crippen LogP contribution in [0.25, 0.3) is 0 Å². The third-order valence-electron chi connectivity index (χ3n) is 2.98. The van der Waals surface area contributed by atoms with Crippen molar-refractivity contribution in [2.45, 2.75) is 43.8 Å². The number of hydrogen-bond acceptors (Lipinski definition) is 5. The molecule has 6 heteroatoms. The van der Waals surface area contributed by atoms with Gasteiger partial charge in [-0.2, -0.15) is 5.10 Å². The highest BCUT2D eigenvalue weighted by molar-refractivity contribution is 7.99. The van der Waals surface area contributed by atoms with E-state index in [0.717, 1.165) is 36.7 Å². The van der Waals surface area contributed by atoms with Crippen molar-refractivity contribution in [3.05, 3.63) is 6.33 Å². The zero-order valence-corrected chi connectivity index (χ0v) is 12.3. The lowest BCUT2D eigenvalue weighted by Crippen LogP contribution is -2.45. The number of hydrogen-bond donors (Lipinski definition) is 2. The number of aliphatic hydroxyl groups excluding tert-OH is 1. The van der Waals surface area contributed by atoms with Crippen LogP contribution in [0.5, 0.6) is 0 Å². The van der Waals surface area contributed by atoms with Crippen molar-refractivity contribution < 1.29 is 5.11 Å². The van der Waals surface area contributed by atoms with Crippen LogP contribution in [0.1, 0.15) is 33.1 Å². The Balaban J connectivity index is 2.16. The van der Waals surface area contributed by atoms with Gasteiger partial charge < -0.3 is 10.4 Å². The SMILES string of the molecule is CCNC(C)(CO)CCCCSc1ncnn1C. The van der Waals surface area contributed by atoms with Crippen molar-refractivity contribution in [2.75, 3.05) is 18.9 Å². The first kappa shape index (κ1) is 15.5. The first-order valence-corrected chi connectivity index (χ1v) is 7.42. The number of aromatic nitrogens is 3. The average Bonchev–Trinajstić information content (AvgIpc) is 2.75. The molecule has 1 unspecified atom stereocenters. The molecule has 0 radical (unpaired) electrons. The van der Waals surface area contributed by atoms with Crippen LogP contribution >= 0.6 is 11.8 Å². The van der Waals surface area contributed by atoms with Gasteiger partial charge in [-0.3, -0.25) is 0 Å². The Labute approximate surface area is 113 Å². The molecule has 1 aromatic rings. The second-order valence-electron chi connectivity index (χ2n) is 4.72. The van der Waals surface area contributed by atoms with E-state index in [0.29, 0.717) is 0 Å². The van der Waals surface area contributed by atoms with Gasteiger partial charge in [0.25, 0.3) is 0 Å². The third kappa shape index (κ3) is 4.96. The summed E-state index contributed by atoms with van der Waals surface area (Å²) in [5.74, 6) is 1.04. The number of likely N-dealkylation sites (N-methyl/N-ethyl adjacent to an activating group) is 1. The molecule has 0 amide bonds. The predicted octanol–water partition coefficient (Wildman–Crippen LogP) is 1.44. The molecular weight excluding hydrogens is 248 g/mol. The highest BCUT2D eigenvalue weighted by atomic mass is 32.2. The Morgan fingerprint density at radius 2 is 2.28 bits per heavy atom. The second-order valence-corrected chi connectivity index (χ2v) is 5.78. The molecular formula is C12H24N4OS. The molecule has 0 spiro atoms. The van der Waals surface area contributed by atoms with E-state index in [1.807, 2.05) is 7.05 Å². The summed E-state index contributed by atoms with van der Waals surface area (Å²) < 4.78 is 1.79. The van der Waals surface area contributed by atoms with E-state index >= 15 is 0 Å². The molecule has 0 bridgehead atoms. The average molecular weight is 272 g/mol. The molecule has 1 heterocycles. The number of aliphatic hydroxyl groups is 1. The minimum absolute atomic E-state index is 0.135. The van der Waals surface area contributed by atoms with Crippen LogP contribution in [0.15, 0.2) is 11.5 Å². The molecule has 0 saturated carbocycles. The lowest BCUT2D eigenvalue weighted by molar-refractivity contribution is 0.165. The lowest BCUT2D eigenvalue weighted by Gasteiger charge is -2.28. The van der Waals surface area contributed by atoms with E-state index in [4.69, 9.17) is 0 Å². The van der Waals surface area contributed by atoms with Crippen molar-refractivity contribution in [1.82, 2.24) is 20.1 Å². The largest absolute Gasteiger partial charge is 0.394 e. The van der Waals surface area contributed by atoms with Gasteiger partial charge in [-0.15, -0.1) is 0 Å². The highest BCUT2D eigenvalue weighted by Gasteiger charge is 2.20.